The Morgan fingerprint density at radius 1 is 1.05 bits per heavy atom. The molecule has 0 aromatic heterocycles. The minimum atomic E-state index is 0.224. The van der Waals surface area contributed by atoms with Crippen LogP contribution in [0.1, 0.15) is 32.1 Å². The fourth-order valence-corrected chi connectivity index (χ4v) is 3.40. The second-order valence-corrected chi connectivity index (χ2v) is 6.09. The summed E-state index contributed by atoms with van der Waals surface area (Å²) < 4.78 is 0. The summed E-state index contributed by atoms with van der Waals surface area (Å²) in [6, 6.07) is 8.36. The third-order valence-electron chi connectivity index (χ3n) is 4.61. The standard InChI is InChI=1S/C18H24N2O/c1-2-15-13-18(21)20(14-15)17-10-6-5-9-16(17)19-11-7-3-4-8-12-19/h2,5-6,9-10,15H,1,3-4,7-8,11-14H2. The Morgan fingerprint density at radius 2 is 1.71 bits per heavy atom. The highest BCUT2D eigenvalue weighted by Gasteiger charge is 2.30. The lowest BCUT2D eigenvalue weighted by molar-refractivity contribution is -0.117. The SMILES string of the molecule is C=CC1CC(=O)N(c2ccccc2N2CCCCCC2)C1. The summed E-state index contributed by atoms with van der Waals surface area (Å²) in [5.41, 5.74) is 2.30. The largest absolute Gasteiger partial charge is 0.370 e. The normalized spacial score (nSPS) is 23.2. The number of nitrogens with zero attached hydrogens (tertiary/aromatic N) is 2. The molecule has 2 heterocycles. The molecule has 0 N–H and O–H groups in total. The third kappa shape index (κ3) is 2.97. The third-order valence-corrected chi connectivity index (χ3v) is 4.61. The van der Waals surface area contributed by atoms with Gasteiger partial charge in [0.25, 0.3) is 0 Å². The Labute approximate surface area is 127 Å². The lowest BCUT2D eigenvalue weighted by atomic mass is 10.1. The molecule has 1 unspecified atom stereocenters. The molecule has 0 bridgehead atoms. The molecule has 2 saturated heterocycles. The number of amides is 1. The zero-order chi connectivity index (χ0) is 14.7. The number of hydrogen-bond donors (Lipinski definition) is 0. The van der Waals surface area contributed by atoms with Gasteiger partial charge in [0, 0.05) is 32.0 Å². The first kappa shape index (κ1) is 14.2. The molecule has 1 amide bonds. The van der Waals surface area contributed by atoms with Crippen molar-refractivity contribution < 1.29 is 4.79 Å². The summed E-state index contributed by atoms with van der Waals surface area (Å²) in [6.45, 7) is 6.81. The summed E-state index contributed by atoms with van der Waals surface area (Å²) in [5, 5.41) is 0. The molecule has 2 aliphatic heterocycles. The number of benzene rings is 1. The molecule has 3 rings (SSSR count). The topological polar surface area (TPSA) is 23.6 Å². The molecular weight excluding hydrogens is 260 g/mol. The maximum Gasteiger partial charge on any atom is 0.227 e. The molecule has 1 aromatic rings. The van der Waals surface area contributed by atoms with Crippen LogP contribution in [0.5, 0.6) is 0 Å². The first-order chi connectivity index (χ1) is 10.3. The molecule has 2 fully saturated rings. The summed E-state index contributed by atoms with van der Waals surface area (Å²) >= 11 is 0. The van der Waals surface area contributed by atoms with E-state index in [1.54, 1.807) is 0 Å². The van der Waals surface area contributed by atoms with E-state index in [1.165, 1.54) is 31.4 Å². The minimum Gasteiger partial charge on any atom is -0.370 e. The van der Waals surface area contributed by atoms with Crippen LogP contribution in [0.25, 0.3) is 0 Å². The average molecular weight is 284 g/mol. The molecule has 3 nitrogen and oxygen atoms in total. The van der Waals surface area contributed by atoms with Crippen LogP contribution in [0, 0.1) is 5.92 Å². The van der Waals surface area contributed by atoms with Gasteiger partial charge in [0.1, 0.15) is 0 Å². The highest BCUT2D eigenvalue weighted by Crippen LogP contribution is 2.34. The molecule has 112 valence electrons. The Balaban J connectivity index is 1.88. The molecule has 0 radical (unpaired) electrons. The second-order valence-electron chi connectivity index (χ2n) is 6.09. The van der Waals surface area contributed by atoms with E-state index < -0.39 is 0 Å². The predicted molar refractivity (Wildman–Crippen MR) is 87.8 cm³/mol. The van der Waals surface area contributed by atoms with Gasteiger partial charge in [-0.2, -0.15) is 0 Å². The van der Waals surface area contributed by atoms with Crippen LogP contribution in [0.4, 0.5) is 11.4 Å². The quantitative estimate of drug-likeness (QED) is 0.792. The second kappa shape index (κ2) is 6.33. The molecule has 1 aromatic carbocycles. The molecule has 0 saturated carbocycles. The number of carbonyl (C=O) groups is 1. The van der Waals surface area contributed by atoms with Crippen LogP contribution in [-0.4, -0.2) is 25.5 Å². The van der Waals surface area contributed by atoms with Crippen LogP contribution < -0.4 is 9.80 Å². The van der Waals surface area contributed by atoms with Crippen LogP contribution in [0.15, 0.2) is 36.9 Å². The number of carbonyl (C=O) groups excluding carboxylic acids is 1. The van der Waals surface area contributed by atoms with Gasteiger partial charge in [0.15, 0.2) is 0 Å². The van der Waals surface area contributed by atoms with Crippen molar-refractivity contribution in [3.8, 4) is 0 Å². The number of hydrogen-bond acceptors (Lipinski definition) is 2. The molecule has 21 heavy (non-hydrogen) atoms. The smallest absolute Gasteiger partial charge is 0.227 e. The van der Waals surface area contributed by atoms with E-state index in [9.17, 15) is 4.79 Å². The lowest BCUT2D eigenvalue weighted by Gasteiger charge is -2.28. The molecule has 2 aliphatic rings. The van der Waals surface area contributed by atoms with E-state index in [1.807, 2.05) is 17.0 Å². The Hall–Kier alpha value is -1.77. The summed E-state index contributed by atoms with van der Waals surface area (Å²) in [6.07, 6.45) is 7.64. The summed E-state index contributed by atoms with van der Waals surface area (Å²) in [7, 11) is 0. The van der Waals surface area contributed by atoms with Crippen LogP contribution in [0.3, 0.4) is 0 Å². The van der Waals surface area contributed by atoms with E-state index in [2.05, 4.69) is 29.7 Å². The maximum absolute atomic E-state index is 12.3. The monoisotopic (exact) mass is 284 g/mol. The van der Waals surface area contributed by atoms with Gasteiger partial charge in [-0.25, -0.2) is 0 Å². The molecule has 0 spiro atoms. The van der Waals surface area contributed by atoms with Crippen molar-refractivity contribution in [3.63, 3.8) is 0 Å². The van der Waals surface area contributed by atoms with Crippen molar-refractivity contribution >= 4 is 17.3 Å². The summed E-state index contributed by atoms with van der Waals surface area (Å²) in [5.74, 6) is 0.511. The van der Waals surface area contributed by atoms with Crippen molar-refractivity contribution in [2.75, 3.05) is 29.4 Å². The van der Waals surface area contributed by atoms with E-state index in [4.69, 9.17) is 0 Å². The van der Waals surface area contributed by atoms with Gasteiger partial charge in [0.05, 0.1) is 11.4 Å². The van der Waals surface area contributed by atoms with E-state index >= 15 is 0 Å². The van der Waals surface area contributed by atoms with Crippen LogP contribution in [-0.2, 0) is 4.79 Å². The fourth-order valence-electron chi connectivity index (χ4n) is 3.40. The molecule has 0 aliphatic carbocycles. The Bertz CT molecular complexity index is 518. The van der Waals surface area contributed by atoms with Gasteiger partial charge in [-0.15, -0.1) is 6.58 Å². The number of rotatable bonds is 3. The minimum absolute atomic E-state index is 0.224. The van der Waals surface area contributed by atoms with E-state index in [0.29, 0.717) is 6.42 Å². The van der Waals surface area contributed by atoms with E-state index in [0.717, 1.165) is 25.3 Å². The molecule has 1 atom stereocenters. The van der Waals surface area contributed by atoms with E-state index in [-0.39, 0.29) is 11.8 Å². The Morgan fingerprint density at radius 3 is 2.33 bits per heavy atom. The molecule has 3 heteroatoms. The number of anilines is 2. The van der Waals surface area contributed by atoms with Gasteiger partial charge >= 0.3 is 0 Å². The van der Waals surface area contributed by atoms with Gasteiger partial charge in [-0.05, 0) is 25.0 Å². The fraction of sp³-hybridized carbons (Fsp3) is 0.500. The predicted octanol–water partition coefficient (Wildman–Crippen LogP) is 3.61. The van der Waals surface area contributed by atoms with Gasteiger partial charge in [-0.1, -0.05) is 31.1 Å². The van der Waals surface area contributed by atoms with Crippen molar-refractivity contribution in [1.82, 2.24) is 0 Å². The average Bonchev–Trinajstić information content (AvgIpc) is 2.73. The molecular formula is C18H24N2O. The van der Waals surface area contributed by atoms with Crippen LogP contribution >= 0.6 is 0 Å². The maximum atomic E-state index is 12.3. The first-order valence-corrected chi connectivity index (χ1v) is 8.06. The van der Waals surface area contributed by atoms with Gasteiger partial charge < -0.3 is 9.80 Å². The van der Waals surface area contributed by atoms with Crippen molar-refractivity contribution in [2.45, 2.75) is 32.1 Å². The van der Waals surface area contributed by atoms with Gasteiger partial charge in [0.2, 0.25) is 5.91 Å². The highest BCUT2D eigenvalue weighted by atomic mass is 16.2. The highest BCUT2D eigenvalue weighted by molar-refractivity contribution is 5.99. The Kier molecular flexibility index (Phi) is 4.28. The van der Waals surface area contributed by atoms with Crippen LogP contribution in [0.2, 0.25) is 0 Å². The van der Waals surface area contributed by atoms with Crippen molar-refractivity contribution in [2.24, 2.45) is 5.92 Å². The first-order valence-electron chi connectivity index (χ1n) is 8.06. The lowest BCUT2D eigenvalue weighted by Crippen LogP contribution is -2.30. The summed E-state index contributed by atoms with van der Waals surface area (Å²) in [4.78, 5) is 16.7. The zero-order valence-corrected chi connectivity index (χ0v) is 12.6. The van der Waals surface area contributed by atoms with Crippen molar-refractivity contribution in [1.29, 1.82) is 0 Å². The number of para-hydroxylation sites is 2. The van der Waals surface area contributed by atoms with Crippen molar-refractivity contribution in [3.05, 3.63) is 36.9 Å². The van der Waals surface area contributed by atoms with Gasteiger partial charge in [-0.3, -0.25) is 4.79 Å². The zero-order valence-electron chi connectivity index (χ0n) is 12.6.